The first-order valence-electron chi connectivity index (χ1n) is 11.8. The first-order chi connectivity index (χ1) is 16.8. The van der Waals surface area contributed by atoms with Crippen LogP contribution >= 0.6 is 0 Å². The summed E-state index contributed by atoms with van der Waals surface area (Å²) in [5, 5.41) is 11.2. The summed E-state index contributed by atoms with van der Waals surface area (Å²) in [7, 11) is 5.44. The van der Waals surface area contributed by atoms with E-state index in [1.165, 1.54) is 12.0 Å². The number of aliphatic hydroxyl groups is 1. The number of nitrogens with zero attached hydrogens (tertiary/aromatic N) is 2. The summed E-state index contributed by atoms with van der Waals surface area (Å²) in [6, 6.07) is 11.4. The van der Waals surface area contributed by atoms with Gasteiger partial charge in [-0.2, -0.15) is 0 Å². The van der Waals surface area contributed by atoms with Gasteiger partial charge in [-0.1, -0.05) is 6.07 Å². The van der Waals surface area contributed by atoms with E-state index >= 15 is 0 Å². The second kappa shape index (κ2) is 11.8. The van der Waals surface area contributed by atoms with Crippen LogP contribution in [0.1, 0.15) is 37.4 Å². The fourth-order valence-corrected chi connectivity index (χ4v) is 4.17. The van der Waals surface area contributed by atoms with Gasteiger partial charge < -0.3 is 29.1 Å². The average molecular weight is 483 g/mol. The van der Waals surface area contributed by atoms with E-state index in [0.717, 1.165) is 6.54 Å². The van der Waals surface area contributed by atoms with Gasteiger partial charge in [-0.3, -0.25) is 9.59 Å². The second-order valence-corrected chi connectivity index (χ2v) is 8.45. The lowest BCUT2D eigenvalue weighted by molar-refractivity contribution is -0.139. The van der Waals surface area contributed by atoms with Crippen molar-refractivity contribution in [2.45, 2.75) is 26.3 Å². The molecule has 0 aliphatic carbocycles. The van der Waals surface area contributed by atoms with Crippen LogP contribution in [0.3, 0.4) is 0 Å². The van der Waals surface area contributed by atoms with Crippen LogP contribution in [0.15, 0.2) is 48.0 Å². The lowest BCUT2D eigenvalue weighted by Gasteiger charge is -2.26. The number of aliphatic hydroxyl groups excluding tert-OH is 1. The van der Waals surface area contributed by atoms with E-state index in [0.29, 0.717) is 54.6 Å². The fraction of sp³-hybridized carbons (Fsp3) is 0.407. The van der Waals surface area contributed by atoms with Crippen LogP contribution in [-0.2, 0) is 9.59 Å². The molecule has 0 saturated carbocycles. The number of amides is 1. The van der Waals surface area contributed by atoms with Crippen LogP contribution in [0.4, 0.5) is 0 Å². The summed E-state index contributed by atoms with van der Waals surface area (Å²) in [5.74, 6) is 0.146. The molecule has 1 N–H and O–H groups in total. The number of hydrogen-bond donors (Lipinski definition) is 1. The highest BCUT2D eigenvalue weighted by Gasteiger charge is 2.46. The first-order valence-corrected chi connectivity index (χ1v) is 11.8. The number of benzene rings is 2. The molecule has 8 nitrogen and oxygen atoms in total. The standard InChI is InChI=1S/C27H34N2O6/c1-6-34-20-12-9-18(10-13-20)25(30)23-24(19-11-14-21(35-7-2)22(17-19)33-5)29(27(32)26(23)31)16-8-15-28(3)4/h9-14,17,24,30H,6-8,15-16H2,1-5H3/b25-23+/t24-/m1/s1. The van der Waals surface area contributed by atoms with Crippen molar-refractivity contribution in [3.8, 4) is 17.2 Å². The van der Waals surface area contributed by atoms with Gasteiger partial charge >= 0.3 is 0 Å². The molecule has 1 fully saturated rings. The number of likely N-dealkylation sites (tertiary alicyclic amines) is 1. The number of Topliss-reactive ketones (excluding diaryl/α,β-unsaturated/α-hetero) is 1. The topological polar surface area (TPSA) is 88.5 Å². The normalized spacial score (nSPS) is 17.2. The van der Waals surface area contributed by atoms with Crippen molar-refractivity contribution in [1.82, 2.24) is 9.80 Å². The molecule has 1 saturated heterocycles. The number of rotatable bonds is 11. The maximum atomic E-state index is 13.2. The van der Waals surface area contributed by atoms with Crippen molar-refractivity contribution in [1.29, 1.82) is 0 Å². The highest BCUT2D eigenvalue weighted by Crippen LogP contribution is 2.42. The van der Waals surface area contributed by atoms with Crippen molar-refractivity contribution < 1.29 is 28.9 Å². The monoisotopic (exact) mass is 482 g/mol. The third-order valence-corrected chi connectivity index (χ3v) is 5.79. The molecule has 35 heavy (non-hydrogen) atoms. The molecule has 0 spiro atoms. The third-order valence-electron chi connectivity index (χ3n) is 5.79. The van der Waals surface area contributed by atoms with Crippen LogP contribution in [-0.4, -0.2) is 74.1 Å². The Bertz CT molecular complexity index is 1080. The lowest BCUT2D eigenvalue weighted by Crippen LogP contribution is -2.32. The molecule has 2 aromatic rings. The lowest BCUT2D eigenvalue weighted by atomic mass is 9.95. The second-order valence-electron chi connectivity index (χ2n) is 8.45. The van der Waals surface area contributed by atoms with Crippen LogP contribution in [0.25, 0.3) is 5.76 Å². The van der Waals surface area contributed by atoms with Gasteiger partial charge in [-0.05, 0) is 82.9 Å². The predicted octanol–water partition coefficient (Wildman–Crippen LogP) is 3.87. The van der Waals surface area contributed by atoms with Crippen LogP contribution in [0.2, 0.25) is 0 Å². The quantitative estimate of drug-likeness (QED) is 0.296. The number of carbonyl (C=O) groups is 2. The van der Waals surface area contributed by atoms with Gasteiger partial charge in [-0.25, -0.2) is 0 Å². The fourth-order valence-electron chi connectivity index (χ4n) is 4.17. The molecule has 1 atom stereocenters. The van der Waals surface area contributed by atoms with Gasteiger partial charge in [0.25, 0.3) is 11.7 Å². The molecule has 0 unspecified atom stereocenters. The molecule has 1 aliphatic rings. The molecular weight excluding hydrogens is 448 g/mol. The van der Waals surface area contributed by atoms with Gasteiger partial charge in [0.05, 0.1) is 31.9 Å². The Balaban J connectivity index is 2.10. The zero-order chi connectivity index (χ0) is 25.5. The minimum Gasteiger partial charge on any atom is -0.507 e. The Morgan fingerprint density at radius 1 is 1.00 bits per heavy atom. The number of hydrogen-bond acceptors (Lipinski definition) is 7. The molecule has 1 amide bonds. The van der Waals surface area contributed by atoms with Crippen molar-refractivity contribution >= 4 is 17.4 Å². The molecule has 188 valence electrons. The smallest absolute Gasteiger partial charge is 0.295 e. The van der Waals surface area contributed by atoms with Gasteiger partial charge in [-0.15, -0.1) is 0 Å². The minimum atomic E-state index is -0.756. The SMILES string of the molecule is CCOc1ccc(/C(O)=C2\C(=O)C(=O)N(CCCN(C)C)[C@@H]2c2ccc(OCC)c(OC)c2)cc1. The Morgan fingerprint density at radius 2 is 1.69 bits per heavy atom. The Labute approximate surface area is 206 Å². The maximum absolute atomic E-state index is 13.2. The number of ether oxygens (including phenoxy) is 3. The number of methoxy groups -OCH3 is 1. The predicted molar refractivity (Wildman–Crippen MR) is 134 cm³/mol. The molecule has 8 heteroatoms. The summed E-state index contributed by atoms with van der Waals surface area (Å²) < 4.78 is 16.6. The van der Waals surface area contributed by atoms with Crippen LogP contribution < -0.4 is 14.2 Å². The van der Waals surface area contributed by atoms with E-state index in [-0.39, 0.29) is 11.3 Å². The summed E-state index contributed by atoms with van der Waals surface area (Å²) in [6.45, 7) is 5.87. The van der Waals surface area contributed by atoms with Gasteiger partial charge in [0, 0.05) is 12.1 Å². The van der Waals surface area contributed by atoms with Gasteiger partial charge in [0.1, 0.15) is 11.5 Å². The summed E-state index contributed by atoms with van der Waals surface area (Å²) >= 11 is 0. The Kier molecular flexibility index (Phi) is 8.76. The van der Waals surface area contributed by atoms with Crippen molar-refractivity contribution in [3.63, 3.8) is 0 Å². The Hall–Kier alpha value is -3.52. The van der Waals surface area contributed by atoms with Crippen molar-refractivity contribution in [2.75, 3.05) is 47.5 Å². The van der Waals surface area contributed by atoms with E-state index in [4.69, 9.17) is 14.2 Å². The van der Waals surface area contributed by atoms with E-state index in [1.807, 2.05) is 32.8 Å². The largest absolute Gasteiger partial charge is 0.507 e. The zero-order valence-corrected chi connectivity index (χ0v) is 21.0. The van der Waals surface area contributed by atoms with Crippen molar-refractivity contribution in [2.24, 2.45) is 0 Å². The summed E-state index contributed by atoms with van der Waals surface area (Å²) in [5.41, 5.74) is 1.14. The maximum Gasteiger partial charge on any atom is 0.295 e. The molecule has 0 radical (unpaired) electrons. The first kappa shape index (κ1) is 26.1. The highest BCUT2D eigenvalue weighted by molar-refractivity contribution is 6.46. The minimum absolute atomic E-state index is 0.0511. The molecule has 0 aromatic heterocycles. The van der Waals surface area contributed by atoms with Gasteiger partial charge in [0.2, 0.25) is 0 Å². The number of ketones is 1. The van der Waals surface area contributed by atoms with Gasteiger partial charge in [0.15, 0.2) is 11.5 Å². The van der Waals surface area contributed by atoms with E-state index < -0.39 is 17.7 Å². The van der Waals surface area contributed by atoms with E-state index in [2.05, 4.69) is 0 Å². The van der Waals surface area contributed by atoms with Crippen LogP contribution in [0.5, 0.6) is 17.2 Å². The zero-order valence-electron chi connectivity index (χ0n) is 21.0. The molecule has 3 rings (SSSR count). The Morgan fingerprint density at radius 3 is 2.29 bits per heavy atom. The van der Waals surface area contributed by atoms with E-state index in [9.17, 15) is 14.7 Å². The molecule has 0 bridgehead atoms. The van der Waals surface area contributed by atoms with Crippen LogP contribution in [0, 0.1) is 0 Å². The third kappa shape index (κ3) is 5.77. The summed E-state index contributed by atoms with van der Waals surface area (Å²) in [6.07, 6.45) is 0.674. The summed E-state index contributed by atoms with van der Waals surface area (Å²) in [4.78, 5) is 29.9. The highest BCUT2D eigenvalue weighted by atomic mass is 16.5. The molecule has 1 aliphatic heterocycles. The molecule has 2 aromatic carbocycles. The number of carbonyl (C=O) groups excluding carboxylic acids is 2. The molecule has 1 heterocycles. The molecular formula is C27H34N2O6. The van der Waals surface area contributed by atoms with E-state index in [1.54, 1.807) is 42.5 Å². The van der Waals surface area contributed by atoms with Crippen molar-refractivity contribution in [3.05, 3.63) is 59.2 Å². The average Bonchev–Trinajstić information content (AvgIpc) is 3.09.